The molecule has 0 heterocycles. The summed E-state index contributed by atoms with van der Waals surface area (Å²) in [5, 5.41) is 3.33. The van der Waals surface area contributed by atoms with Crippen LogP contribution in [0.25, 0.3) is 0 Å². The Morgan fingerprint density at radius 1 is 1.11 bits per heavy atom. The molecule has 1 unspecified atom stereocenters. The Kier molecular flexibility index (Phi) is 8.61. The van der Waals surface area contributed by atoms with Gasteiger partial charge in [0.1, 0.15) is 6.61 Å². The van der Waals surface area contributed by atoms with Crippen molar-refractivity contribution in [3.63, 3.8) is 0 Å². The van der Waals surface area contributed by atoms with Crippen molar-refractivity contribution in [2.24, 2.45) is 11.8 Å². The van der Waals surface area contributed by atoms with Gasteiger partial charge in [-0.15, -0.1) is 0 Å². The molecule has 0 rings (SSSR count). The minimum absolute atomic E-state index is 0.177. The zero-order chi connectivity index (χ0) is 14.2. The van der Waals surface area contributed by atoms with E-state index in [0.717, 1.165) is 13.0 Å². The predicted octanol–water partition coefficient (Wildman–Crippen LogP) is 3.62. The molecule has 0 radical (unpaired) electrons. The molecule has 0 saturated heterocycles. The monoisotopic (exact) mass is 269 g/mol. The molecule has 5 heteroatoms. The second-order valence-electron chi connectivity index (χ2n) is 5.51. The summed E-state index contributed by atoms with van der Waals surface area (Å²) >= 11 is 0. The molecule has 2 nitrogen and oxygen atoms in total. The van der Waals surface area contributed by atoms with Crippen LogP contribution in [-0.2, 0) is 4.74 Å². The fraction of sp³-hybridized carbons (Fsp3) is 1.00. The molecule has 110 valence electrons. The highest BCUT2D eigenvalue weighted by atomic mass is 19.4. The van der Waals surface area contributed by atoms with Crippen molar-refractivity contribution in [1.82, 2.24) is 5.32 Å². The first-order valence-corrected chi connectivity index (χ1v) is 6.58. The molecule has 18 heavy (non-hydrogen) atoms. The lowest BCUT2D eigenvalue weighted by Crippen LogP contribution is -2.30. The standard InChI is InChI=1S/C13H26F3NO/c1-10(2)7-12(8-17-11(3)4)5-6-18-9-13(14,15)16/h10-12,17H,5-9H2,1-4H3. The first kappa shape index (κ1) is 17.7. The second kappa shape index (κ2) is 8.75. The van der Waals surface area contributed by atoms with Crippen molar-refractivity contribution < 1.29 is 17.9 Å². The smallest absolute Gasteiger partial charge is 0.372 e. The molecule has 0 bridgehead atoms. The van der Waals surface area contributed by atoms with Crippen LogP contribution in [0.4, 0.5) is 13.2 Å². The number of hydrogen-bond acceptors (Lipinski definition) is 2. The van der Waals surface area contributed by atoms with Crippen molar-refractivity contribution in [3.8, 4) is 0 Å². The Bertz CT molecular complexity index is 205. The van der Waals surface area contributed by atoms with Gasteiger partial charge in [0.2, 0.25) is 0 Å². The zero-order valence-corrected chi connectivity index (χ0v) is 11.8. The Morgan fingerprint density at radius 3 is 2.17 bits per heavy atom. The van der Waals surface area contributed by atoms with Gasteiger partial charge in [0.15, 0.2) is 0 Å². The van der Waals surface area contributed by atoms with Crippen LogP contribution in [0.15, 0.2) is 0 Å². The van der Waals surface area contributed by atoms with E-state index in [2.05, 4.69) is 37.7 Å². The van der Waals surface area contributed by atoms with E-state index in [4.69, 9.17) is 0 Å². The first-order valence-electron chi connectivity index (χ1n) is 6.58. The van der Waals surface area contributed by atoms with Crippen LogP contribution >= 0.6 is 0 Å². The van der Waals surface area contributed by atoms with E-state index in [1.54, 1.807) is 0 Å². The highest BCUT2D eigenvalue weighted by Gasteiger charge is 2.27. The number of alkyl halides is 3. The number of hydrogen-bond donors (Lipinski definition) is 1. The van der Waals surface area contributed by atoms with E-state index < -0.39 is 12.8 Å². The van der Waals surface area contributed by atoms with Gasteiger partial charge in [-0.2, -0.15) is 13.2 Å². The van der Waals surface area contributed by atoms with E-state index in [-0.39, 0.29) is 6.61 Å². The number of nitrogens with one attached hydrogen (secondary N) is 1. The molecule has 0 aliphatic carbocycles. The molecule has 0 fully saturated rings. The summed E-state index contributed by atoms with van der Waals surface area (Å²) in [5.41, 5.74) is 0. The van der Waals surface area contributed by atoms with Crippen LogP contribution in [0.1, 0.15) is 40.5 Å². The summed E-state index contributed by atoms with van der Waals surface area (Å²) in [6.45, 7) is 8.25. The molecular formula is C13H26F3NO. The van der Waals surface area contributed by atoms with Crippen LogP contribution in [-0.4, -0.2) is 32.0 Å². The number of ether oxygens (including phenoxy) is 1. The second-order valence-corrected chi connectivity index (χ2v) is 5.51. The third-order valence-corrected chi connectivity index (χ3v) is 2.56. The number of halogens is 3. The van der Waals surface area contributed by atoms with Crippen molar-refractivity contribution in [1.29, 1.82) is 0 Å². The maximum absolute atomic E-state index is 11.9. The van der Waals surface area contributed by atoms with E-state index in [1.807, 2.05) is 0 Å². The maximum Gasteiger partial charge on any atom is 0.411 e. The fourth-order valence-corrected chi connectivity index (χ4v) is 1.81. The van der Waals surface area contributed by atoms with Gasteiger partial charge in [0, 0.05) is 12.6 Å². The average molecular weight is 269 g/mol. The van der Waals surface area contributed by atoms with Crippen molar-refractivity contribution in [2.75, 3.05) is 19.8 Å². The maximum atomic E-state index is 11.9. The Hall–Kier alpha value is -0.290. The van der Waals surface area contributed by atoms with Gasteiger partial charge in [0.25, 0.3) is 0 Å². The van der Waals surface area contributed by atoms with Crippen molar-refractivity contribution >= 4 is 0 Å². The van der Waals surface area contributed by atoms with Crippen LogP contribution in [0.5, 0.6) is 0 Å². The lowest BCUT2D eigenvalue weighted by molar-refractivity contribution is -0.174. The third kappa shape index (κ3) is 12.2. The molecule has 1 N–H and O–H groups in total. The van der Waals surface area contributed by atoms with E-state index in [1.165, 1.54) is 0 Å². The molecule has 0 aliphatic heterocycles. The molecule has 0 aromatic rings. The lowest BCUT2D eigenvalue weighted by Gasteiger charge is -2.21. The van der Waals surface area contributed by atoms with Gasteiger partial charge in [-0.3, -0.25) is 0 Å². The van der Waals surface area contributed by atoms with Crippen molar-refractivity contribution in [3.05, 3.63) is 0 Å². The Labute approximate surface area is 108 Å². The minimum atomic E-state index is -4.22. The van der Waals surface area contributed by atoms with Gasteiger partial charge in [-0.1, -0.05) is 27.7 Å². The molecule has 1 atom stereocenters. The van der Waals surface area contributed by atoms with E-state index >= 15 is 0 Å². The van der Waals surface area contributed by atoms with Gasteiger partial charge in [-0.05, 0) is 31.2 Å². The van der Waals surface area contributed by atoms with Crippen LogP contribution in [0, 0.1) is 11.8 Å². The lowest BCUT2D eigenvalue weighted by atomic mass is 9.94. The average Bonchev–Trinajstić information content (AvgIpc) is 2.18. The predicted molar refractivity (Wildman–Crippen MR) is 67.6 cm³/mol. The van der Waals surface area contributed by atoms with Gasteiger partial charge in [0.05, 0.1) is 0 Å². The third-order valence-electron chi connectivity index (χ3n) is 2.56. The molecular weight excluding hydrogens is 243 g/mol. The van der Waals surface area contributed by atoms with Crippen LogP contribution < -0.4 is 5.32 Å². The van der Waals surface area contributed by atoms with Crippen LogP contribution in [0.3, 0.4) is 0 Å². The molecule has 0 aromatic carbocycles. The number of rotatable bonds is 9. The Balaban J connectivity index is 3.86. The van der Waals surface area contributed by atoms with E-state index in [9.17, 15) is 13.2 Å². The normalized spacial score (nSPS) is 14.5. The SMILES string of the molecule is CC(C)CC(CCOCC(F)(F)F)CNC(C)C. The molecule has 0 aromatic heterocycles. The molecule has 0 aliphatic rings. The molecule has 0 saturated carbocycles. The summed E-state index contributed by atoms with van der Waals surface area (Å²) in [4.78, 5) is 0. The summed E-state index contributed by atoms with van der Waals surface area (Å²) in [6, 6.07) is 0.399. The highest BCUT2D eigenvalue weighted by Crippen LogP contribution is 2.17. The molecule has 0 amide bonds. The van der Waals surface area contributed by atoms with Crippen molar-refractivity contribution in [2.45, 2.75) is 52.8 Å². The van der Waals surface area contributed by atoms with Gasteiger partial charge in [-0.25, -0.2) is 0 Å². The van der Waals surface area contributed by atoms with Crippen LogP contribution in [0.2, 0.25) is 0 Å². The summed E-state index contributed by atoms with van der Waals surface area (Å²) in [6.07, 6.45) is -2.53. The highest BCUT2D eigenvalue weighted by molar-refractivity contribution is 4.66. The Morgan fingerprint density at radius 2 is 1.72 bits per heavy atom. The van der Waals surface area contributed by atoms with E-state index in [0.29, 0.717) is 24.3 Å². The quantitative estimate of drug-likeness (QED) is 0.646. The summed E-state index contributed by atoms with van der Waals surface area (Å²) in [5.74, 6) is 0.923. The fourth-order valence-electron chi connectivity index (χ4n) is 1.81. The minimum Gasteiger partial charge on any atom is -0.372 e. The van der Waals surface area contributed by atoms with Gasteiger partial charge >= 0.3 is 6.18 Å². The first-order chi connectivity index (χ1) is 8.20. The summed E-state index contributed by atoms with van der Waals surface area (Å²) < 4.78 is 40.4. The topological polar surface area (TPSA) is 21.3 Å². The molecule has 0 spiro atoms. The zero-order valence-electron chi connectivity index (χ0n) is 11.8. The van der Waals surface area contributed by atoms with Gasteiger partial charge < -0.3 is 10.1 Å². The summed E-state index contributed by atoms with van der Waals surface area (Å²) in [7, 11) is 0. The largest absolute Gasteiger partial charge is 0.411 e.